The molecule has 0 unspecified atom stereocenters. The van der Waals surface area contributed by atoms with E-state index in [0.717, 1.165) is 50.0 Å². The van der Waals surface area contributed by atoms with E-state index < -0.39 is 0 Å². The molecule has 1 aliphatic carbocycles. The molecule has 0 spiro atoms. The summed E-state index contributed by atoms with van der Waals surface area (Å²) in [6.07, 6.45) is 8.06. The summed E-state index contributed by atoms with van der Waals surface area (Å²) in [6.45, 7) is 2.73. The van der Waals surface area contributed by atoms with Crippen molar-refractivity contribution in [1.29, 1.82) is 0 Å². The number of nitrogens with one attached hydrogen (secondary N) is 2. The fraction of sp³-hybridized carbons (Fsp3) is 0.440. The molecule has 158 valence electrons. The number of rotatable bonds is 6. The highest BCUT2D eigenvalue weighted by Crippen LogP contribution is 2.24. The Kier molecular flexibility index (Phi) is 6.67. The Bertz CT molecular complexity index is 849. The first-order chi connectivity index (χ1) is 14.7. The molecule has 0 bridgehead atoms. The third kappa shape index (κ3) is 5.21. The molecule has 2 N–H and O–H groups in total. The SMILES string of the molecule is O=C(Nc1ccc(N2CCCC2)cc1)c1ccc(CNC(=O)C2CCCCC2)cc1. The Hall–Kier alpha value is -2.82. The summed E-state index contributed by atoms with van der Waals surface area (Å²) in [4.78, 5) is 27.2. The molecule has 1 saturated heterocycles. The molecule has 2 amide bonds. The lowest BCUT2D eigenvalue weighted by Gasteiger charge is -2.20. The summed E-state index contributed by atoms with van der Waals surface area (Å²) in [5.41, 5.74) is 3.63. The minimum Gasteiger partial charge on any atom is -0.372 e. The van der Waals surface area contributed by atoms with Crippen molar-refractivity contribution in [3.05, 3.63) is 59.7 Å². The van der Waals surface area contributed by atoms with Crippen LogP contribution in [0, 0.1) is 5.92 Å². The van der Waals surface area contributed by atoms with E-state index in [0.29, 0.717) is 12.1 Å². The van der Waals surface area contributed by atoms with E-state index in [1.165, 1.54) is 24.9 Å². The Morgan fingerprint density at radius 3 is 2.17 bits per heavy atom. The van der Waals surface area contributed by atoms with Crippen LogP contribution in [0.5, 0.6) is 0 Å². The highest BCUT2D eigenvalue weighted by molar-refractivity contribution is 6.04. The molecule has 1 heterocycles. The van der Waals surface area contributed by atoms with Crippen LogP contribution in [0.25, 0.3) is 0 Å². The molecule has 1 saturated carbocycles. The lowest BCUT2D eigenvalue weighted by Crippen LogP contribution is -2.31. The molecule has 30 heavy (non-hydrogen) atoms. The van der Waals surface area contributed by atoms with Crippen molar-refractivity contribution in [2.75, 3.05) is 23.3 Å². The molecular formula is C25H31N3O2. The quantitative estimate of drug-likeness (QED) is 0.730. The van der Waals surface area contributed by atoms with Crippen LogP contribution in [0.4, 0.5) is 11.4 Å². The molecule has 4 rings (SSSR count). The number of nitrogens with zero attached hydrogens (tertiary/aromatic N) is 1. The molecule has 0 radical (unpaired) electrons. The maximum absolute atomic E-state index is 12.5. The van der Waals surface area contributed by atoms with Gasteiger partial charge in [0.05, 0.1) is 0 Å². The van der Waals surface area contributed by atoms with Gasteiger partial charge in [-0.1, -0.05) is 31.4 Å². The second-order valence-corrected chi connectivity index (χ2v) is 8.44. The third-order valence-corrected chi connectivity index (χ3v) is 6.26. The van der Waals surface area contributed by atoms with Gasteiger partial charge in [-0.15, -0.1) is 0 Å². The van der Waals surface area contributed by atoms with Crippen molar-refractivity contribution in [3.63, 3.8) is 0 Å². The molecule has 5 heteroatoms. The van der Waals surface area contributed by atoms with Crippen LogP contribution in [-0.2, 0) is 11.3 Å². The predicted octanol–water partition coefficient (Wildman–Crippen LogP) is 4.74. The standard InChI is InChI=1S/C25H31N3O2/c29-24(20-6-2-1-3-7-20)26-18-19-8-10-21(11-9-19)25(30)27-22-12-14-23(15-13-22)28-16-4-5-17-28/h8-15,20H,1-7,16-18H2,(H,26,29)(H,27,30). The zero-order valence-electron chi connectivity index (χ0n) is 17.5. The third-order valence-electron chi connectivity index (χ3n) is 6.26. The average Bonchev–Trinajstić information content (AvgIpc) is 3.34. The largest absolute Gasteiger partial charge is 0.372 e. The van der Waals surface area contributed by atoms with Gasteiger partial charge in [0.2, 0.25) is 5.91 Å². The lowest BCUT2D eigenvalue weighted by atomic mass is 9.88. The number of carbonyl (C=O) groups is 2. The average molecular weight is 406 g/mol. The Labute approximate surface area is 178 Å². The summed E-state index contributed by atoms with van der Waals surface area (Å²) < 4.78 is 0. The Morgan fingerprint density at radius 2 is 1.50 bits per heavy atom. The second-order valence-electron chi connectivity index (χ2n) is 8.44. The predicted molar refractivity (Wildman–Crippen MR) is 121 cm³/mol. The highest BCUT2D eigenvalue weighted by atomic mass is 16.2. The van der Waals surface area contributed by atoms with Gasteiger partial charge in [-0.25, -0.2) is 0 Å². The van der Waals surface area contributed by atoms with Crippen LogP contribution >= 0.6 is 0 Å². The van der Waals surface area contributed by atoms with Gasteiger partial charge in [-0.3, -0.25) is 9.59 Å². The van der Waals surface area contributed by atoms with Crippen molar-refractivity contribution in [2.45, 2.75) is 51.5 Å². The molecule has 5 nitrogen and oxygen atoms in total. The summed E-state index contributed by atoms with van der Waals surface area (Å²) in [6, 6.07) is 15.5. The van der Waals surface area contributed by atoms with Gasteiger partial charge >= 0.3 is 0 Å². The molecule has 2 aromatic rings. The molecule has 2 aliphatic rings. The zero-order chi connectivity index (χ0) is 20.8. The number of hydrogen-bond acceptors (Lipinski definition) is 3. The number of benzene rings is 2. The van der Waals surface area contributed by atoms with Gasteiger partial charge in [-0.2, -0.15) is 0 Å². The van der Waals surface area contributed by atoms with Crippen LogP contribution in [0.2, 0.25) is 0 Å². The van der Waals surface area contributed by atoms with Gasteiger partial charge < -0.3 is 15.5 Å². The van der Waals surface area contributed by atoms with Crippen molar-refractivity contribution in [1.82, 2.24) is 5.32 Å². The normalized spacial score (nSPS) is 17.0. The molecule has 0 atom stereocenters. The number of anilines is 2. The van der Waals surface area contributed by atoms with E-state index in [4.69, 9.17) is 0 Å². The molecule has 2 aromatic carbocycles. The van der Waals surface area contributed by atoms with Gasteiger partial charge in [-0.05, 0) is 67.6 Å². The van der Waals surface area contributed by atoms with E-state index in [1.807, 2.05) is 36.4 Å². The van der Waals surface area contributed by atoms with Crippen LogP contribution < -0.4 is 15.5 Å². The molecule has 1 aliphatic heterocycles. The van der Waals surface area contributed by atoms with Crippen LogP contribution in [-0.4, -0.2) is 24.9 Å². The molecule has 2 fully saturated rings. The van der Waals surface area contributed by atoms with Gasteiger partial charge in [0, 0.05) is 42.5 Å². The van der Waals surface area contributed by atoms with E-state index in [2.05, 4.69) is 27.7 Å². The number of amides is 2. The minimum atomic E-state index is -0.123. The van der Waals surface area contributed by atoms with Crippen molar-refractivity contribution < 1.29 is 9.59 Å². The zero-order valence-corrected chi connectivity index (χ0v) is 17.5. The van der Waals surface area contributed by atoms with E-state index in [9.17, 15) is 9.59 Å². The summed E-state index contributed by atoms with van der Waals surface area (Å²) >= 11 is 0. The molecular weight excluding hydrogens is 374 g/mol. The van der Waals surface area contributed by atoms with E-state index in [1.54, 1.807) is 0 Å². The van der Waals surface area contributed by atoms with Crippen molar-refractivity contribution >= 4 is 23.2 Å². The first-order valence-corrected chi connectivity index (χ1v) is 11.2. The first-order valence-electron chi connectivity index (χ1n) is 11.2. The van der Waals surface area contributed by atoms with E-state index in [-0.39, 0.29) is 17.7 Å². The summed E-state index contributed by atoms with van der Waals surface area (Å²) in [5, 5.41) is 6.00. The monoisotopic (exact) mass is 405 g/mol. The maximum atomic E-state index is 12.5. The summed E-state index contributed by atoms with van der Waals surface area (Å²) in [5.74, 6) is 0.205. The van der Waals surface area contributed by atoms with Crippen molar-refractivity contribution in [2.24, 2.45) is 5.92 Å². The van der Waals surface area contributed by atoms with Crippen LogP contribution in [0.1, 0.15) is 60.9 Å². The van der Waals surface area contributed by atoms with Gasteiger partial charge in [0.1, 0.15) is 0 Å². The summed E-state index contributed by atoms with van der Waals surface area (Å²) in [7, 11) is 0. The first kappa shape index (κ1) is 20.5. The fourth-order valence-corrected chi connectivity index (χ4v) is 4.41. The Morgan fingerprint density at radius 1 is 0.833 bits per heavy atom. The van der Waals surface area contributed by atoms with E-state index >= 15 is 0 Å². The van der Waals surface area contributed by atoms with Gasteiger partial charge in [0.25, 0.3) is 5.91 Å². The fourth-order valence-electron chi connectivity index (χ4n) is 4.41. The Balaban J connectivity index is 1.27. The minimum absolute atomic E-state index is 0.123. The van der Waals surface area contributed by atoms with Crippen LogP contribution in [0.3, 0.4) is 0 Å². The van der Waals surface area contributed by atoms with Crippen LogP contribution in [0.15, 0.2) is 48.5 Å². The smallest absolute Gasteiger partial charge is 0.255 e. The lowest BCUT2D eigenvalue weighted by molar-refractivity contribution is -0.126. The van der Waals surface area contributed by atoms with Crippen molar-refractivity contribution in [3.8, 4) is 0 Å². The second kappa shape index (κ2) is 9.79. The molecule has 0 aromatic heterocycles. The number of carbonyl (C=O) groups excluding carboxylic acids is 2. The topological polar surface area (TPSA) is 61.4 Å². The van der Waals surface area contributed by atoms with Gasteiger partial charge in [0.15, 0.2) is 0 Å². The number of hydrogen-bond donors (Lipinski definition) is 2. The maximum Gasteiger partial charge on any atom is 0.255 e. The highest BCUT2D eigenvalue weighted by Gasteiger charge is 2.20.